The summed E-state index contributed by atoms with van der Waals surface area (Å²) in [5.41, 5.74) is 0.956. The number of nitrogens with one attached hydrogen (secondary N) is 4. The molecule has 8 heteroatoms. The van der Waals surface area contributed by atoms with Crippen LogP contribution in [0.15, 0.2) is 34.0 Å². The Morgan fingerprint density at radius 3 is 2.52 bits per heavy atom. The van der Waals surface area contributed by atoms with Crippen molar-refractivity contribution >= 4 is 17.5 Å². The molecular formula is C15H16N4O4. The van der Waals surface area contributed by atoms with Gasteiger partial charge in [-0.2, -0.15) is 0 Å². The molecule has 0 fully saturated rings. The first-order chi connectivity index (χ1) is 10.9. The molecule has 2 rings (SSSR count). The topological polar surface area (TPSA) is 124 Å². The second-order valence-electron chi connectivity index (χ2n) is 5.02. The predicted molar refractivity (Wildman–Crippen MR) is 84.6 cm³/mol. The molecule has 120 valence electrons. The van der Waals surface area contributed by atoms with E-state index < -0.39 is 23.1 Å². The highest BCUT2D eigenvalue weighted by Gasteiger charge is 2.12. The number of carbonyl (C=O) groups is 2. The van der Waals surface area contributed by atoms with Crippen molar-refractivity contribution in [2.75, 3.05) is 11.9 Å². The van der Waals surface area contributed by atoms with Gasteiger partial charge >= 0.3 is 5.69 Å². The molecule has 0 aliphatic heterocycles. The van der Waals surface area contributed by atoms with E-state index in [-0.39, 0.29) is 12.1 Å². The highest BCUT2D eigenvalue weighted by molar-refractivity contribution is 5.98. The van der Waals surface area contributed by atoms with E-state index in [0.29, 0.717) is 5.69 Å². The molecule has 0 aliphatic rings. The second kappa shape index (κ2) is 6.73. The van der Waals surface area contributed by atoms with E-state index in [2.05, 4.69) is 15.6 Å². The molecule has 0 radical (unpaired) electrons. The number of carbonyl (C=O) groups excluding carboxylic acids is 2. The van der Waals surface area contributed by atoms with Crippen molar-refractivity contribution in [1.29, 1.82) is 0 Å². The largest absolute Gasteiger partial charge is 0.343 e. The summed E-state index contributed by atoms with van der Waals surface area (Å²) in [6.07, 6.45) is 0.998. The minimum absolute atomic E-state index is 0.274. The van der Waals surface area contributed by atoms with Gasteiger partial charge in [0.2, 0.25) is 5.91 Å². The normalized spacial score (nSPS) is 10.2. The molecule has 0 aliphatic carbocycles. The summed E-state index contributed by atoms with van der Waals surface area (Å²) in [6, 6.07) is 5.46. The second-order valence-corrected chi connectivity index (χ2v) is 5.02. The van der Waals surface area contributed by atoms with Crippen LogP contribution in [-0.4, -0.2) is 28.3 Å². The Morgan fingerprint density at radius 2 is 1.87 bits per heavy atom. The number of aromatic amines is 2. The van der Waals surface area contributed by atoms with E-state index in [4.69, 9.17) is 0 Å². The Balaban J connectivity index is 1.95. The van der Waals surface area contributed by atoms with Crippen molar-refractivity contribution < 1.29 is 9.59 Å². The van der Waals surface area contributed by atoms with E-state index in [9.17, 15) is 19.2 Å². The summed E-state index contributed by atoms with van der Waals surface area (Å²) < 4.78 is 0. The quantitative estimate of drug-likeness (QED) is 0.636. The van der Waals surface area contributed by atoms with Crippen LogP contribution in [-0.2, 0) is 4.79 Å². The number of hydrogen-bond donors (Lipinski definition) is 4. The van der Waals surface area contributed by atoms with E-state index in [1.165, 1.54) is 0 Å². The molecule has 2 aromatic rings. The molecule has 1 heterocycles. The molecule has 0 saturated heterocycles. The Labute approximate surface area is 130 Å². The minimum atomic E-state index is -0.819. The van der Waals surface area contributed by atoms with Crippen LogP contribution in [0.5, 0.6) is 0 Å². The van der Waals surface area contributed by atoms with Gasteiger partial charge in [0, 0.05) is 11.9 Å². The van der Waals surface area contributed by atoms with Crippen molar-refractivity contribution in [2.45, 2.75) is 13.8 Å². The van der Waals surface area contributed by atoms with Gasteiger partial charge in [-0.05, 0) is 37.1 Å². The van der Waals surface area contributed by atoms with Gasteiger partial charge in [0.15, 0.2) is 0 Å². The third-order valence-electron chi connectivity index (χ3n) is 3.26. The van der Waals surface area contributed by atoms with Gasteiger partial charge in [-0.1, -0.05) is 6.07 Å². The van der Waals surface area contributed by atoms with E-state index in [0.717, 1.165) is 17.3 Å². The van der Waals surface area contributed by atoms with E-state index in [1.54, 1.807) is 6.07 Å². The van der Waals surface area contributed by atoms with Gasteiger partial charge in [0.05, 0.1) is 6.54 Å². The zero-order valence-electron chi connectivity index (χ0n) is 12.6. The van der Waals surface area contributed by atoms with Gasteiger partial charge in [-0.3, -0.25) is 19.4 Å². The Hall–Kier alpha value is -3.16. The van der Waals surface area contributed by atoms with Crippen molar-refractivity contribution in [3.05, 3.63) is 61.9 Å². The zero-order chi connectivity index (χ0) is 17.0. The van der Waals surface area contributed by atoms with Crippen LogP contribution in [0.1, 0.15) is 21.5 Å². The van der Waals surface area contributed by atoms with Crippen molar-refractivity contribution in [3.8, 4) is 0 Å². The molecule has 0 unspecified atom stereocenters. The Bertz CT molecular complexity index is 866. The number of amides is 2. The Morgan fingerprint density at radius 1 is 1.13 bits per heavy atom. The van der Waals surface area contributed by atoms with Gasteiger partial charge < -0.3 is 15.6 Å². The molecule has 0 atom stereocenters. The standard InChI is InChI=1S/C15H16N4O4/c1-8-3-4-10(5-9(8)2)18-12(20)7-16-13(21)11-6-17-15(23)19-14(11)22/h3-6H,7H2,1-2H3,(H,16,21)(H,18,20)(H2,17,19,22,23). The lowest BCUT2D eigenvalue weighted by atomic mass is 10.1. The number of hydrogen-bond acceptors (Lipinski definition) is 4. The minimum Gasteiger partial charge on any atom is -0.343 e. The number of H-pyrrole nitrogens is 2. The fourth-order valence-corrected chi connectivity index (χ4v) is 1.86. The van der Waals surface area contributed by atoms with Gasteiger partial charge in [0.1, 0.15) is 5.56 Å². The molecule has 4 N–H and O–H groups in total. The van der Waals surface area contributed by atoms with Crippen LogP contribution in [0.3, 0.4) is 0 Å². The van der Waals surface area contributed by atoms with Crippen LogP contribution in [0.2, 0.25) is 0 Å². The molecular weight excluding hydrogens is 300 g/mol. The number of aromatic nitrogens is 2. The molecule has 8 nitrogen and oxygen atoms in total. The average Bonchev–Trinajstić information content (AvgIpc) is 2.48. The molecule has 1 aromatic carbocycles. The van der Waals surface area contributed by atoms with Crippen LogP contribution >= 0.6 is 0 Å². The average molecular weight is 316 g/mol. The SMILES string of the molecule is Cc1ccc(NC(=O)CNC(=O)c2c[nH]c(=O)[nH]c2=O)cc1C. The number of rotatable bonds is 4. The summed E-state index contributed by atoms with van der Waals surface area (Å²) in [6.45, 7) is 3.59. The Kier molecular flexibility index (Phi) is 4.75. The van der Waals surface area contributed by atoms with Gasteiger partial charge in [0.25, 0.3) is 11.5 Å². The number of benzene rings is 1. The first kappa shape index (κ1) is 16.2. The molecule has 1 aromatic heterocycles. The zero-order valence-corrected chi connectivity index (χ0v) is 12.6. The first-order valence-electron chi connectivity index (χ1n) is 6.84. The maximum atomic E-state index is 11.8. The van der Waals surface area contributed by atoms with E-state index in [1.807, 2.05) is 31.0 Å². The van der Waals surface area contributed by atoms with Crippen LogP contribution in [0.4, 0.5) is 5.69 Å². The highest BCUT2D eigenvalue weighted by atomic mass is 16.2. The van der Waals surface area contributed by atoms with Crippen LogP contribution in [0.25, 0.3) is 0 Å². The monoisotopic (exact) mass is 316 g/mol. The summed E-state index contributed by atoms with van der Waals surface area (Å²) in [7, 11) is 0. The van der Waals surface area contributed by atoms with Crippen molar-refractivity contribution in [1.82, 2.24) is 15.3 Å². The smallest absolute Gasteiger partial charge is 0.325 e. The van der Waals surface area contributed by atoms with Gasteiger partial charge in [-0.25, -0.2) is 4.79 Å². The summed E-state index contributed by atoms with van der Waals surface area (Å²) in [4.78, 5) is 50.1. The summed E-state index contributed by atoms with van der Waals surface area (Å²) in [5.74, 6) is -1.18. The lowest BCUT2D eigenvalue weighted by Gasteiger charge is -2.08. The molecule has 0 spiro atoms. The lowest BCUT2D eigenvalue weighted by Crippen LogP contribution is -2.37. The van der Waals surface area contributed by atoms with Crippen LogP contribution < -0.4 is 21.9 Å². The highest BCUT2D eigenvalue weighted by Crippen LogP contribution is 2.13. The molecule has 0 saturated carbocycles. The molecule has 2 amide bonds. The van der Waals surface area contributed by atoms with Gasteiger partial charge in [-0.15, -0.1) is 0 Å². The summed E-state index contributed by atoms with van der Waals surface area (Å²) >= 11 is 0. The maximum absolute atomic E-state index is 11.8. The fourth-order valence-electron chi connectivity index (χ4n) is 1.86. The number of aryl methyl sites for hydroxylation is 2. The maximum Gasteiger partial charge on any atom is 0.325 e. The number of anilines is 1. The predicted octanol–water partition coefficient (Wildman–Crippen LogP) is 0.0485. The van der Waals surface area contributed by atoms with E-state index >= 15 is 0 Å². The fraction of sp³-hybridized carbons (Fsp3) is 0.200. The summed E-state index contributed by atoms with van der Waals surface area (Å²) in [5, 5.41) is 4.96. The third kappa shape index (κ3) is 4.16. The molecule has 0 bridgehead atoms. The van der Waals surface area contributed by atoms with Crippen molar-refractivity contribution in [2.24, 2.45) is 0 Å². The first-order valence-corrected chi connectivity index (χ1v) is 6.84. The third-order valence-corrected chi connectivity index (χ3v) is 3.26. The van der Waals surface area contributed by atoms with Crippen molar-refractivity contribution in [3.63, 3.8) is 0 Å². The lowest BCUT2D eigenvalue weighted by molar-refractivity contribution is -0.115. The molecule has 23 heavy (non-hydrogen) atoms. The van der Waals surface area contributed by atoms with Crippen LogP contribution in [0, 0.1) is 13.8 Å².